The summed E-state index contributed by atoms with van der Waals surface area (Å²) < 4.78 is 0. The maximum atomic E-state index is 6.38. The van der Waals surface area contributed by atoms with Gasteiger partial charge in [-0.2, -0.15) is 0 Å². The van der Waals surface area contributed by atoms with Gasteiger partial charge in [0.25, 0.3) is 0 Å². The highest BCUT2D eigenvalue weighted by Gasteiger charge is 2.33. The molecular weight excluding hydrogens is 256 g/mol. The normalized spacial score (nSPS) is 24.6. The molecule has 1 fully saturated rings. The lowest BCUT2D eigenvalue weighted by molar-refractivity contribution is 0.234. The second-order valence-electron chi connectivity index (χ2n) is 6.49. The Hall–Kier alpha value is -0.730. The molecule has 1 aromatic carbocycles. The number of para-hydroxylation sites is 1. The van der Waals surface area contributed by atoms with Crippen LogP contribution in [0, 0.1) is 5.41 Å². The molecule has 1 N–H and O–H groups in total. The number of rotatable bonds is 2. The molecule has 0 bridgehead atoms. The Morgan fingerprint density at radius 3 is 2.58 bits per heavy atom. The van der Waals surface area contributed by atoms with E-state index in [-0.39, 0.29) is 5.41 Å². The quantitative estimate of drug-likeness (QED) is 0.883. The smallest absolute Gasteiger partial charge is 0.0639 e. The number of nitrogens with zero attached hydrogens (tertiary/aromatic N) is 1. The number of piperazine rings is 1. The monoisotopic (exact) mass is 280 g/mol. The third-order valence-corrected chi connectivity index (χ3v) is 4.42. The van der Waals surface area contributed by atoms with E-state index in [1.807, 2.05) is 12.1 Å². The zero-order valence-corrected chi connectivity index (χ0v) is 13.2. The highest BCUT2D eigenvalue weighted by atomic mass is 35.5. The predicted molar refractivity (Wildman–Crippen MR) is 84.1 cm³/mol. The van der Waals surface area contributed by atoms with Crippen molar-refractivity contribution in [3.8, 4) is 0 Å². The molecule has 0 aliphatic carbocycles. The lowest BCUT2D eigenvalue weighted by Crippen LogP contribution is -2.60. The fourth-order valence-corrected chi connectivity index (χ4v) is 2.97. The van der Waals surface area contributed by atoms with Crippen LogP contribution in [0.3, 0.4) is 0 Å². The predicted octanol–water partition coefficient (Wildman–Crippen LogP) is 3.94. The van der Waals surface area contributed by atoms with Crippen LogP contribution in [0.15, 0.2) is 24.3 Å². The van der Waals surface area contributed by atoms with Gasteiger partial charge in [0.15, 0.2) is 0 Å². The Bertz CT molecular complexity index is 425. The maximum absolute atomic E-state index is 6.38. The van der Waals surface area contributed by atoms with E-state index in [2.05, 4.69) is 50.0 Å². The standard InChI is InChI=1S/C16H25ClN2/c1-5-12-10-18-15(16(2,3)4)11-19(12)14-9-7-6-8-13(14)17/h6-9,12,15,18H,5,10-11H2,1-4H3. The van der Waals surface area contributed by atoms with Gasteiger partial charge >= 0.3 is 0 Å². The van der Waals surface area contributed by atoms with Crippen molar-refractivity contribution in [1.29, 1.82) is 0 Å². The third kappa shape index (κ3) is 3.24. The summed E-state index contributed by atoms with van der Waals surface area (Å²) in [4.78, 5) is 2.48. The second kappa shape index (κ2) is 5.72. The molecule has 2 unspecified atom stereocenters. The summed E-state index contributed by atoms with van der Waals surface area (Å²) >= 11 is 6.38. The average molecular weight is 281 g/mol. The van der Waals surface area contributed by atoms with Crippen molar-refractivity contribution in [3.63, 3.8) is 0 Å². The third-order valence-electron chi connectivity index (χ3n) is 4.10. The van der Waals surface area contributed by atoms with E-state index >= 15 is 0 Å². The van der Waals surface area contributed by atoms with Crippen LogP contribution in [0.5, 0.6) is 0 Å². The second-order valence-corrected chi connectivity index (χ2v) is 6.90. The van der Waals surface area contributed by atoms with Crippen molar-refractivity contribution in [2.24, 2.45) is 5.41 Å². The molecule has 1 aromatic rings. The van der Waals surface area contributed by atoms with Gasteiger partial charge in [-0.15, -0.1) is 0 Å². The van der Waals surface area contributed by atoms with Crippen LogP contribution < -0.4 is 10.2 Å². The van der Waals surface area contributed by atoms with Gasteiger partial charge in [0, 0.05) is 25.2 Å². The van der Waals surface area contributed by atoms with Crippen LogP contribution >= 0.6 is 11.6 Å². The van der Waals surface area contributed by atoms with Gasteiger partial charge in [0.05, 0.1) is 10.7 Å². The molecule has 0 amide bonds. The van der Waals surface area contributed by atoms with Crippen molar-refractivity contribution in [2.75, 3.05) is 18.0 Å². The molecule has 1 saturated heterocycles. The minimum Gasteiger partial charge on any atom is -0.364 e. The lowest BCUT2D eigenvalue weighted by Gasteiger charge is -2.46. The molecule has 1 aliphatic rings. The first-order valence-corrected chi connectivity index (χ1v) is 7.56. The number of hydrogen-bond donors (Lipinski definition) is 1. The summed E-state index contributed by atoms with van der Waals surface area (Å²) in [5, 5.41) is 4.55. The molecule has 1 heterocycles. The van der Waals surface area contributed by atoms with Crippen LogP contribution in [0.1, 0.15) is 34.1 Å². The van der Waals surface area contributed by atoms with E-state index in [9.17, 15) is 0 Å². The van der Waals surface area contributed by atoms with Gasteiger partial charge in [-0.05, 0) is 24.0 Å². The van der Waals surface area contributed by atoms with Crippen LogP contribution in [-0.2, 0) is 0 Å². The number of benzene rings is 1. The number of halogens is 1. The van der Waals surface area contributed by atoms with Crippen LogP contribution in [0.25, 0.3) is 0 Å². The number of nitrogens with one attached hydrogen (secondary N) is 1. The lowest BCUT2D eigenvalue weighted by atomic mass is 9.84. The Kier molecular flexibility index (Phi) is 4.42. The Morgan fingerprint density at radius 2 is 2.00 bits per heavy atom. The van der Waals surface area contributed by atoms with E-state index in [1.54, 1.807) is 0 Å². The zero-order valence-electron chi connectivity index (χ0n) is 12.4. The van der Waals surface area contributed by atoms with E-state index in [4.69, 9.17) is 11.6 Å². The Balaban J connectivity index is 2.26. The average Bonchev–Trinajstić information content (AvgIpc) is 2.37. The summed E-state index contributed by atoms with van der Waals surface area (Å²) in [5.74, 6) is 0. The van der Waals surface area contributed by atoms with Gasteiger partial charge in [0.2, 0.25) is 0 Å². The largest absolute Gasteiger partial charge is 0.364 e. The first-order valence-electron chi connectivity index (χ1n) is 7.18. The molecule has 2 nitrogen and oxygen atoms in total. The van der Waals surface area contributed by atoms with E-state index in [0.717, 1.165) is 24.5 Å². The van der Waals surface area contributed by atoms with Crippen molar-refractivity contribution in [3.05, 3.63) is 29.3 Å². The summed E-state index contributed by atoms with van der Waals surface area (Å²) in [7, 11) is 0. The molecule has 2 rings (SSSR count). The molecule has 0 saturated carbocycles. The first kappa shape index (κ1) is 14.7. The van der Waals surface area contributed by atoms with Crippen molar-refractivity contribution >= 4 is 17.3 Å². The summed E-state index contributed by atoms with van der Waals surface area (Å²) in [5.41, 5.74) is 1.44. The van der Waals surface area contributed by atoms with E-state index in [1.165, 1.54) is 5.69 Å². The maximum Gasteiger partial charge on any atom is 0.0639 e. The van der Waals surface area contributed by atoms with E-state index < -0.39 is 0 Å². The fraction of sp³-hybridized carbons (Fsp3) is 0.625. The number of anilines is 1. The number of hydrogen-bond acceptors (Lipinski definition) is 2. The summed E-state index contributed by atoms with van der Waals surface area (Å²) in [6.07, 6.45) is 1.13. The Morgan fingerprint density at radius 1 is 1.32 bits per heavy atom. The minimum atomic E-state index is 0.262. The van der Waals surface area contributed by atoms with Gasteiger partial charge in [-0.1, -0.05) is 51.4 Å². The van der Waals surface area contributed by atoms with Crippen LogP contribution in [0.2, 0.25) is 5.02 Å². The minimum absolute atomic E-state index is 0.262. The molecule has 0 radical (unpaired) electrons. The molecule has 19 heavy (non-hydrogen) atoms. The van der Waals surface area contributed by atoms with E-state index in [0.29, 0.717) is 12.1 Å². The highest BCUT2D eigenvalue weighted by molar-refractivity contribution is 6.33. The fourth-order valence-electron chi connectivity index (χ4n) is 2.72. The molecule has 2 atom stereocenters. The zero-order chi connectivity index (χ0) is 14.0. The topological polar surface area (TPSA) is 15.3 Å². The van der Waals surface area contributed by atoms with Gasteiger partial charge in [-0.3, -0.25) is 0 Å². The molecular formula is C16H25ClN2. The van der Waals surface area contributed by atoms with Crippen LogP contribution in [0.4, 0.5) is 5.69 Å². The van der Waals surface area contributed by atoms with Crippen molar-refractivity contribution in [1.82, 2.24) is 5.32 Å². The van der Waals surface area contributed by atoms with Crippen molar-refractivity contribution < 1.29 is 0 Å². The van der Waals surface area contributed by atoms with Gasteiger partial charge in [-0.25, -0.2) is 0 Å². The summed E-state index contributed by atoms with van der Waals surface area (Å²) in [6, 6.07) is 9.21. The highest BCUT2D eigenvalue weighted by Crippen LogP contribution is 2.32. The van der Waals surface area contributed by atoms with Gasteiger partial charge < -0.3 is 10.2 Å². The molecule has 3 heteroatoms. The molecule has 0 spiro atoms. The van der Waals surface area contributed by atoms with Gasteiger partial charge in [0.1, 0.15) is 0 Å². The SMILES string of the molecule is CCC1CNC(C(C)(C)C)CN1c1ccccc1Cl. The molecule has 0 aromatic heterocycles. The van der Waals surface area contributed by atoms with Crippen molar-refractivity contribution in [2.45, 2.75) is 46.2 Å². The molecule has 1 aliphatic heterocycles. The van der Waals surface area contributed by atoms with Crippen LogP contribution in [-0.4, -0.2) is 25.2 Å². The summed E-state index contributed by atoms with van der Waals surface area (Å²) in [6.45, 7) is 11.2. The Labute approximate surface area is 122 Å². The molecule has 106 valence electrons. The first-order chi connectivity index (χ1) is 8.93.